The molecule has 0 amide bonds. The Labute approximate surface area is 162 Å². The van der Waals surface area contributed by atoms with Gasteiger partial charge in [0.15, 0.2) is 6.61 Å². The van der Waals surface area contributed by atoms with Crippen LogP contribution in [0.15, 0.2) is 24.3 Å². The van der Waals surface area contributed by atoms with Gasteiger partial charge in [0, 0.05) is 35.1 Å². The van der Waals surface area contributed by atoms with E-state index in [0.29, 0.717) is 17.1 Å². The normalized spacial score (nSPS) is 16.5. The van der Waals surface area contributed by atoms with Gasteiger partial charge < -0.3 is 19.1 Å². The molecule has 144 valence electrons. The van der Waals surface area contributed by atoms with Crippen molar-refractivity contribution in [2.45, 2.75) is 39.3 Å². The minimum Gasteiger partial charge on any atom is -0.507 e. The third-order valence-electron chi connectivity index (χ3n) is 4.80. The summed E-state index contributed by atoms with van der Waals surface area (Å²) in [6.07, 6.45) is 2.25. The van der Waals surface area contributed by atoms with E-state index in [1.54, 1.807) is 6.07 Å². The molecule has 0 spiro atoms. The SMILES string of the molecule is Cc1cc(C(=O)COC(=O)c2ccc(Cl)cc2O)c(C)n1C[C@@H]1CCCO1. The lowest BCUT2D eigenvalue weighted by atomic mass is 10.1. The zero-order valence-corrected chi connectivity index (χ0v) is 16.1. The highest BCUT2D eigenvalue weighted by molar-refractivity contribution is 6.30. The third-order valence-corrected chi connectivity index (χ3v) is 5.03. The molecule has 2 heterocycles. The Morgan fingerprint density at radius 3 is 2.74 bits per heavy atom. The van der Waals surface area contributed by atoms with Crippen molar-refractivity contribution in [2.75, 3.05) is 13.2 Å². The van der Waals surface area contributed by atoms with Crippen LogP contribution >= 0.6 is 11.6 Å². The van der Waals surface area contributed by atoms with Crippen molar-refractivity contribution < 1.29 is 24.2 Å². The second kappa shape index (κ2) is 8.15. The van der Waals surface area contributed by atoms with Crippen molar-refractivity contribution in [3.8, 4) is 5.75 Å². The summed E-state index contributed by atoms with van der Waals surface area (Å²) in [7, 11) is 0. The Bertz CT molecular complexity index is 867. The molecular formula is C20H22ClNO5. The number of carbonyl (C=O) groups is 2. The van der Waals surface area contributed by atoms with E-state index in [2.05, 4.69) is 4.57 Å². The van der Waals surface area contributed by atoms with Crippen LogP contribution in [0.5, 0.6) is 5.75 Å². The Hall–Kier alpha value is -2.31. The van der Waals surface area contributed by atoms with Gasteiger partial charge in [0.1, 0.15) is 11.3 Å². The van der Waals surface area contributed by atoms with Gasteiger partial charge in [-0.3, -0.25) is 4.79 Å². The highest BCUT2D eigenvalue weighted by atomic mass is 35.5. The standard InChI is InChI=1S/C20H22ClNO5/c1-12-8-17(13(2)22(12)10-15-4-3-7-26-15)19(24)11-27-20(25)16-6-5-14(21)9-18(16)23/h5-6,8-9,15,23H,3-4,7,10-11H2,1-2H3/t15-/m0/s1. The average Bonchev–Trinajstić information content (AvgIpc) is 3.23. The van der Waals surface area contributed by atoms with Gasteiger partial charge in [0.2, 0.25) is 5.78 Å². The number of esters is 1. The number of carbonyl (C=O) groups excluding carboxylic acids is 2. The monoisotopic (exact) mass is 391 g/mol. The topological polar surface area (TPSA) is 77.8 Å². The number of ether oxygens (including phenoxy) is 2. The summed E-state index contributed by atoms with van der Waals surface area (Å²) in [5.74, 6) is -1.34. The van der Waals surface area contributed by atoms with Crippen LogP contribution in [-0.4, -0.2) is 40.7 Å². The number of hydrogen-bond donors (Lipinski definition) is 1. The maximum absolute atomic E-state index is 12.5. The van der Waals surface area contributed by atoms with Crippen LogP contribution in [0.3, 0.4) is 0 Å². The zero-order valence-electron chi connectivity index (χ0n) is 15.3. The van der Waals surface area contributed by atoms with Gasteiger partial charge in [-0.05, 0) is 51.0 Å². The predicted octanol–water partition coefficient (Wildman–Crippen LogP) is 3.68. The van der Waals surface area contributed by atoms with Gasteiger partial charge in [-0.25, -0.2) is 4.79 Å². The number of Topliss-reactive ketones (excluding diaryl/α,β-unsaturated/α-hetero) is 1. The smallest absolute Gasteiger partial charge is 0.342 e. The van der Waals surface area contributed by atoms with Gasteiger partial charge >= 0.3 is 5.97 Å². The number of aromatic hydroxyl groups is 1. The molecule has 0 saturated carbocycles. The summed E-state index contributed by atoms with van der Waals surface area (Å²) < 4.78 is 12.8. The number of nitrogens with zero attached hydrogens (tertiary/aromatic N) is 1. The molecule has 1 fully saturated rings. The molecule has 0 bridgehead atoms. The van der Waals surface area contributed by atoms with Gasteiger partial charge in [-0.15, -0.1) is 0 Å². The molecular weight excluding hydrogens is 370 g/mol. The minimum absolute atomic E-state index is 0.0314. The Morgan fingerprint density at radius 1 is 1.30 bits per heavy atom. The average molecular weight is 392 g/mol. The molecule has 1 atom stereocenters. The molecule has 2 aromatic rings. The fraction of sp³-hybridized carbons (Fsp3) is 0.400. The third kappa shape index (κ3) is 4.34. The number of aromatic nitrogens is 1. The van der Waals surface area contributed by atoms with Gasteiger partial charge in [-0.2, -0.15) is 0 Å². The molecule has 7 heteroatoms. The first kappa shape index (κ1) is 19.5. The highest BCUT2D eigenvalue weighted by Crippen LogP contribution is 2.23. The quantitative estimate of drug-likeness (QED) is 0.600. The molecule has 1 aromatic carbocycles. The number of rotatable bonds is 6. The van der Waals surface area contributed by atoms with Crippen LogP contribution in [0.4, 0.5) is 0 Å². The Kier molecular flexibility index (Phi) is 5.87. The lowest BCUT2D eigenvalue weighted by Gasteiger charge is -2.14. The van der Waals surface area contributed by atoms with E-state index in [9.17, 15) is 14.7 Å². The fourth-order valence-electron chi connectivity index (χ4n) is 3.32. The van der Waals surface area contributed by atoms with E-state index in [0.717, 1.165) is 30.8 Å². The summed E-state index contributed by atoms with van der Waals surface area (Å²) in [6.45, 7) is 4.91. The van der Waals surface area contributed by atoms with Crippen molar-refractivity contribution in [2.24, 2.45) is 0 Å². The van der Waals surface area contributed by atoms with Gasteiger partial charge in [0.05, 0.1) is 6.10 Å². The summed E-state index contributed by atoms with van der Waals surface area (Å²) in [5, 5.41) is 10.1. The van der Waals surface area contributed by atoms with Crippen LogP contribution in [-0.2, 0) is 16.0 Å². The van der Waals surface area contributed by atoms with E-state index in [-0.39, 0.29) is 23.2 Å². The van der Waals surface area contributed by atoms with Gasteiger partial charge in [-0.1, -0.05) is 11.6 Å². The molecule has 0 unspecified atom stereocenters. The summed E-state index contributed by atoms with van der Waals surface area (Å²) >= 11 is 5.75. The van der Waals surface area contributed by atoms with Crippen molar-refractivity contribution in [3.63, 3.8) is 0 Å². The van der Waals surface area contributed by atoms with Crippen LogP contribution in [0.1, 0.15) is 44.9 Å². The van der Waals surface area contributed by atoms with E-state index < -0.39 is 12.6 Å². The van der Waals surface area contributed by atoms with Crippen LogP contribution in [0.2, 0.25) is 5.02 Å². The first-order chi connectivity index (χ1) is 12.9. The molecule has 1 N–H and O–H groups in total. The second-order valence-corrected chi connectivity index (χ2v) is 7.13. The first-order valence-corrected chi connectivity index (χ1v) is 9.21. The molecule has 0 aliphatic carbocycles. The number of phenols is 1. The second-order valence-electron chi connectivity index (χ2n) is 6.69. The van der Waals surface area contributed by atoms with Gasteiger partial charge in [0.25, 0.3) is 0 Å². The van der Waals surface area contributed by atoms with Crippen molar-refractivity contribution >= 4 is 23.4 Å². The summed E-state index contributed by atoms with van der Waals surface area (Å²) in [6, 6.07) is 5.88. The number of ketones is 1. The number of hydrogen-bond acceptors (Lipinski definition) is 5. The molecule has 6 nitrogen and oxygen atoms in total. The Morgan fingerprint density at radius 2 is 2.07 bits per heavy atom. The van der Waals surface area contributed by atoms with E-state index in [4.69, 9.17) is 21.1 Å². The van der Waals surface area contributed by atoms with Crippen LogP contribution in [0, 0.1) is 13.8 Å². The van der Waals surface area contributed by atoms with E-state index in [1.165, 1.54) is 18.2 Å². The summed E-state index contributed by atoms with van der Waals surface area (Å²) in [5.41, 5.74) is 2.29. The molecule has 1 aliphatic rings. The van der Waals surface area contributed by atoms with E-state index >= 15 is 0 Å². The number of halogens is 1. The predicted molar refractivity (Wildman–Crippen MR) is 101 cm³/mol. The van der Waals surface area contributed by atoms with Crippen molar-refractivity contribution in [1.82, 2.24) is 4.57 Å². The zero-order chi connectivity index (χ0) is 19.6. The molecule has 1 aromatic heterocycles. The van der Waals surface area contributed by atoms with Crippen molar-refractivity contribution in [3.05, 3.63) is 51.8 Å². The molecule has 3 rings (SSSR count). The molecule has 0 radical (unpaired) electrons. The number of phenolic OH excluding ortho intramolecular Hbond substituents is 1. The largest absolute Gasteiger partial charge is 0.507 e. The number of benzene rings is 1. The maximum atomic E-state index is 12.5. The minimum atomic E-state index is -0.773. The maximum Gasteiger partial charge on any atom is 0.342 e. The van der Waals surface area contributed by atoms with Crippen molar-refractivity contribution in [1.29, 1.82) is 0 Å². The fourth-order valence-corrected chi connectivity index (χ4v) is 3.49. The molecule has 1 aliphatic heterocycles. The van der Waals surface area contributed by atoms with E-state index in [1.807, 2.05) is 13.8 Å². The summed E-state index contributed by atoms with van der Waals surface area (Å²) in [4.78, 5) is 24.6. The van der Waals surface area contributed by atoms with Crippen LogP contribution < -0.4 is 0 Å². The molecule has 27 heavy (non-hydrogen) atoms. The lowest BCUT2D eigenvalue weighted by molar-refractivity contribution is 0.0471. The highest BCUT2D eigenvalue weighted by Gasteiger charge is 2.22. The molecule has 1 saturated heterocycles. The first-order valence-electron chi connectivity index (χ1n) is 8.84. The Balaban J connectivity index is 1.66. The number of aryl methyl sites for hydroxylation is 1. The lowest BCUT2D eigenvalue weighted by Crippen LogP contribution is -2.18. The van der Waals surface area contributed by atoms with Crippen LogP contribution in [0.25, 0.3) is 0 Å².